The zero-order valence-electron chi connectivity index (χ0n) is 15.3. The standard InChI is InChI=1S/C17H31NO5/c1-16(2,3)22-14(19)8-10-21-12-13-7-9-18(11-13)15(20)23-17(4,5)6/h13H,7-12H2,1-6H3/t13-/m0/s1. The molecule has 1 rings (SSSR count). The Balaban J connectivity index is 2.18. The van der Waals surface area contributed by atoms with Gasteiger partial charge in [-0.05, 0) is 48.0 Å². The van der Waals surface area contributed by atoms with Gasteiger partial charge >= 0.3 is 12.1 Å². The van der Waals surface area contributed by atoms with Crippen LogP contribution in [0.1, 0.15) is 54.4 Å². The third-order valence-electron chi connectivity index (χ3n) is 3.16. The number of hydrogen-bond donors (Lipinski definition) is 0. The molecule has 1 amide bonds. The van der Waals surface area contributed by atoms with Crippen molar-refractivity contribution in [3.63, 3.8) is 0 Å². The molecular formula is C17H31NO5. The molecule has 0 unspecified atom stereocenters. The van der Waals surface area contributed by atoms with Gasteiger partial charge in [-0.25, -0.2) is 4.79 Å². The second-order valence-corrected chi connectivity index (χ2v) is 7.99. The van der Waals surface area contributed by atoms with E-state index in [4.69, 9.17) is 14.2 Å². The maximum Gasteiger partial charge on any atom is 0.410 e. The van der Waals surface area contributed by atoms with Gasteiger partial charge in [0.15, 0.2) is 0 Å². The molecule has 0 spiro atoms. The van der Waals surface area contributed by atoms with Gasteiger partial charge in [0, 0.05) is 19.0 Å². The molecule has 6 heteroatoms. The third kappa shape index (κ3) is 8.79. The molecule has 134 valence electrons. The summed E-state index contributed by atoms with van der Waals surface area (Å²) < 4.78 is 16.1. The topological polar surface area (TPSA) is 65.1 Å². The van der Waals surface area contributed by atoms with E-state index in [0.29, 0.717) is 32.2 Å². The van der Waals surface area contributed by atoms with Crippen LogP contribution in [0.3, 0.4) is 0 Å². The van der Waals surface area contributed by atoms with E-state index < -0.39 is 11.2 Å². The maximum atomic E-state index is 12.0. The first-order chi connectivity index (χ1) is 10.5. The third-order valence-corrected chi connectivity index (χ3v) is 3.16. The lowest BCUT2D eigenvalue weighted by Crippen LogP contribution is -2.35. The molecule has 0 N–H and O–H groups in total. The molecule has 1 fully saturated rings. The minimum absolute atomic E-state index is 0.250. The molecule has 23 heavy (non-hydrogen) atoms. The van der Waals surface area contributed by atoms with E-state index in [0.717, 1.165) is 6.42 Å². The van der Waals surface area contributed by atoms with Gasteiger partial charge in [0.05, 0.1) is 19.6 Å². The first-order valence-corrected chi connectivity index (χ1v) is 8.24. The molecule has 0 saturated carbocycles. The lowest BCUT2D eigenvalue weighted by molar-refractivity contribution is -0.156. The number of likely N-dealkylation sites (tertiary alicyclic amines) is 1. The molecule has 1 aliphatic rings. The summed E-state index contributed by atoms with van der Waals surface area (Å²) in [5, 5.41) is 0. The molecule has 0 radical (unpaired) electrons. The van der Waals surface area contributed by atoms with E-state index in [1.54, 1.807) is 4.90 Å². The number of carbonyl (C=O) groups excluding carboxylic acids is 2. The van der Waals surface area contributed by atoms with Crippen LogP contribution in [-0.4, -0.2) is 54.5 Å². The van der Waals surface area contributed by atoms with Crippen LogP contribution in [0.4, 0.5) is 4.79 Å². The van der Waals surface area contributed by atoms with E-state index in [-0.39, 0.29) is 18.5 Å². The van der Waals surface area contributed by atoms with Crippen molar-refractivity contribution in [2.75, 3.05) is 26.3 Å². The van der Waals surface area contributed by atoms with Gasteiger partial charge < -0.3 is 19.1 Å². The largest absolute Gasteiger partial charge is 0.460 e. The van der Waals surface area contributed by atoms with Crippen molar-refractivity contribution in [3.8, 4) is 0 Å². The number of nitrogens with zero attached hydrogens (tertiary/aromatic N) is 1. The SMILES string of the molecule is CC(C)(C)OC(=O)CCOC[C@H]1CCN(C(=O)OC(C)(C)C)C1. The van der Waals surface area contributed by atoms with Gasteiger partial charge in [-0.15, -0.1) is 0 Å². The van der Waals surface area contributed by atoms with E-state index in [1.807, 2.05) is 41.5 Å². The highest BCUT2D eigenvalue weighted by Gasteiger charge is 2.29. The van der Waals surface area contributed by atoms with Gasteiger partial charge in [0.2, 0.25) is 0 Å². The summed E-state index contributed by atoms with van der Waals surface area (Å²) in [7, 11) is 0. The second-order valence-electron chi connectivity index (χ2n) is 7.99. The van der Waals surface area contributed by atoms with Crippen molar-refractivity contribution in [1.82, 2.24) is 4.90 Å². The molecule has 0 aromatic rings. The van der Waals surface area contributed by atoms with E-state index >= 15 is 0 Å². The monoisotopic (exact) mass is 329 g/mol. The van der Waals surface area contributed by atoms with Crippen molar-refractivity contribution in [3.05, 3.63) is 0 Å². The van der Waals surface area contributed by atoms with E-state index in [9.17, 15) is 9.59 Å². The van der Waals surface area contributed by atoms with Crippen LogP contribution in [0.5, 0.6) is 0 Å². The number of rotatable bonds is 5. The highest BCUT2D eigenvalue weighted by atomic mass is 16.6. The summed E-state index contributed by atoms with van der Waals surface area (Å²) in [5.74, 6) is 0.0421. The molecule has 1 heterocycles. The van der Waals surface area contributed by atoms with Gasteiger partial charge in [-0.2, -0.15) is 0 Å². The van der Waals surface area contributed by atoms with Crippen LogP contribution in [-0.2, 0) is 19.0 Å². The molecule has 0 aromatic heterocycles. The Bertz CT molecular complexity index is 408. The number of carbonyl (C=O) groups is 2. The van der Waals surface area contributed by atoms with Crippen LogP contribution in [0.15, 0.2) is 0 Å². The van der Waals surface area contributed by atoms with E-state index in [1.165, 1.54) is 0 Å². The highest BCUT2D eigenvalue weighted by Crippen LogP contribution is 2.19. The fraction of sp³-hybridized carbons (Fsp3) is 0.882. The fourth-order valence-corrected chi connectivity index (χ4v) is 2.26. The molecule has 0 bridgehead atoms. The second kappa shape index (κ2) is 7.99. The minimum Gasteiger partial charge on any atom is -0.460 e. The van der Waals surface area contributed by atoms with Gasteiger partial charge in [-0.3, -0.25) is 4.79 Å². The molecular weight excluding hydrogens is 298 g/mol. The summed E-state index contributed by atoms with van der Waals surface area (Å²) >= 11 is 0. The van der Waals surface area contributed by atoms with Crippen molar-refractivity contribution in [2.24, 2.45) is 5.92 Å². The Labute approximate surface area is 139 Å². The molecule has 0 aromatic carbocycles. The van der Waals surface area contributed by atoms with Crippen LogP contribution >= 0.6 is 0 Å². The van der Waals surface area contributed by atoms with Crippen LogP contribution in [0, 0.1) is 5.92 Å². The van der Waals surface area contributed by atoms with Crippen LogP contribution in [0.25, 0.3) is 0 Å². The Kier molecular flexibility index (Phi) is 6.86. The lowest BCUT2D eigenvalue weighted by atomic mass is 10.1. The predicted octanol–water partition coefficient (Wildman–Crippen LogP) is 2.99. The molecule has 1 saturated heterocycles. The summed E-state index contributed by atoms with van der Waals surface area (Å²) in [4.78, 5) is 25.2. The molecule has 1 aliphatic heterocycles. The van der Waals surface area contributed by atoms with Crippen LogP contribution in [0.2, 0.25) is 0 Å². The smallest absolute Gasteiger partial charge is 0.410 e. The van der Waals surface area contributed by atoms with Gasteiger partial charge in [0.1, 0.15) is 11.2 Å². The summed E-state index contributed by atoms with van der Waals surface area (Å²) in [6.07, 6.45) is 0.875. The molecule has 6 nitrogen and oxygen atoms in total. The fourth-order valence-electron chi connectivity index (χ4n) is 2.26. The first-order valence-electron chi connectivity index (χ1n) is 8.24. The average molecular weight is 329 g/mol. The number of ether oxygens (including phenoxy) is 3. The Morgan fingerprint density at radius 3 is 2.22 bits per heavy atom. The zero-order valence-corrected chi connectivity index (χ0v) is 15.3. The Morgan fingerprint density at radius 1 is 1.04 bits per heavy atom. The Hall–Kier alpha value is -1.30. The quantitative estimate of drug-likeness (QED) is 0.573. The van der Waals surface area contributed by atoms with Gasteiger partial charge in [0.25, 0.3) is 0 Å². The lowest BCUT2D eigenvalue weighted by Gasteiger charge is -2.24. The maximum absolute atomic E-state index is 12.0. The van der Waals surface area contributed by atoms with Gasteiger partial charge in [-0.1, -0.05) is 0 Å². The number of hydrogen-bond acceptors (Lipinski definition) is 5. The predicted molar refractivity (Wildman–Crippen MR) is 87.2 cm³/mol. The zero-order chi connectivity index (χ0) is 17.7. The number of esters is 1. The Morgan fingerprint density at radius 2 is 1.65 bits per heavy atom. The van der Waals surface area contributed by atoms with Crippen molar-refractivity contribution < 1.29 is 23.8 Å². The summed E-state index contributed by atoms with van der Waals surface area (Å²) in [5.41, 5.74) is -0.935. The average Bonchev–Trinajstić information content (AvgIpc) is 2.79. The summed E-state index contributed by atoms with van der Waals surface area (Å²) in [6.45, 7) is 13.3. The molecule has 0 aliphatic carbocycles. The van der Waals surface area contributed by atoms with Crippen molar-refractivity contribution in [1.29, 1.82) is 0 Å². The van der Waals surface area contributed by atoms with E-state index in [2.05, 4.69) is 0 Å². The minimum atomic E-state index is -0.473. The van der Waals surface area contributed by atoms with Crippen molar-refractivity contribution >= 4 is 12.1 Å². The highest BCUT2D eigenvalue weighted by molar-refractivity contribution is 5.70. The summed E-state index contributed by atoms with van der Waals surface area (Å²) in [6, 6.07) is 0. The van der Waals surface area contributed by atoms with Crippen molar-refractivity contribution in [2.45, 2.75) is 65.6 Å². The molecule has 1 atom stereocenters. The van der Waals surface area contributed by atoms with Crippen LogP contribution < -0.4 is 0 Å². The number of amides is 1. The first kappa shape index (κ1) is 19.7. The normalized spacial score (nSPS) is 18.9.